The molecule has 1 heteroatoms. The number of hydrogen-bond acceptors (Lipinski definition) is 0. The molecule has 0 aliphatic heterocycles. The van der Waals surface area contributed by atoms with E-state index in [9.17, 15) is 4.39 Å². The fourth-order valence-electron chi connectivity index (χ4n) is 3.34. The van der Waals surface area contributed by atoms with Crippen molar-refractivity contribution < 1.29 is 4.39 Å². The van der Waals surface area contributed by atoms with Crippen LogP contribution >= 0.6 is 0 Å². The van der Waals surface area contributed by atoms with Crippen molar-refractivity contribution in [2.45, 2.75) is 25.7 Å². The second-order valence-corrected chi connectivity index (χ2v) is 5.29. The van der Waals surface area contributed by atoms with E-state index < -0.39 is 0 Å². The summed E-state index contributed by atoms with van der Waals surface area (Å²) in [7, 11) is 0.500. The number of halogens is 1. The van der Waals surface area contributed by atoms with Gasteiger partial charge in [0.2, 0.25) is 0 Å². The maximum Gasteiger partial charge on any atom is 0.0785 e. The van der Waals surface area contributed by atoms with Crippen LogP contribution in [0.25, 0.3) is 21.5 Å². The number of rotatable bonds is 0. The molecule has 0 N–H and O–H groups in total. The largest absolute Gasteiger partial charge is 0.255 e. The van der Waals surface area contributed by atoms with Crippen LogP contribution in [0, 0.1) is 0 Å². The van der Waals surface area contributed by atoms with E-state index in [1.54, 1.807) is 11.1 Å². The normalized spacial score (nSPS) is 13.7. The third kappa shape index (κ3) is 2.07. The summed E-state index contributed by atoms with van der Waals surface area (Å²) in [6.07, 6.45) is 5.22. The molecular formula is C19H19F. The Hall–Kier alpha value is -1.89. The van der Waals surface area contributed by atoms with Gasteiger partial charge in [-0.1, -0.05) is 48.5 Å². The number of benzene rings is 3. The Morgan fingerprint density at radius 2 is 1.45 bits per heavy atom. The van der Waals surface area contributed by atoms with Gasteiger partial charge >= 0.3 is 0 Å². The first kappa shape index (κ1) is 13.1. The number of hydrogen-bond donors (Lipinski definition) is 0. The molecular weight excluding hydrogens is 247 g/mol. The maximum atomic E-state index is 9.50. The van der Waals surface area contributed by atoms with Gasteiger partial charge in [0.05, 0.1) is 7.18 Å². The minimum Gasteiger partial charge on any atom is -0.255 e. The molecule has 0 bridgehead atoms. The van der Waals surface area contributed by atoms with Crippen LogP contribution in [0.5, 0.6) is 0 Å². The second kappa shape index (κ2) is 5.62. The fourth-order valence-corrected chi connectivity index (χ4v) is 3.34. The molecule has 0 heterocycles. The van der Waals surface area contributed by atoms with Gasteiger partial charge in [0, 0.05) is 0 Å². The first-order chi connectivity index (χ1) is 9.93. The summed E-state index contributed by atoms with van der Waals surface area (Å²) in [5.74, 6) is 0. The van der Waals surface area contributed by atoms with Gasteiger partial charge in [-0.25, -0.2) is 0 Å². The Morgan fingerprint density at radius 3 is 2.35 bits per heavy atom. The van der Waals surface area contributed by atoms with Gasteiger partial charge in [-0.3, -0.25) is 4.39 Å². The van der Waals surface area contributed by atoms with Gasteiger partial charge in [-0.05, 0) is 58.4 Å². The number of aryl methyl sites for hydroxylation is 2. The Labute approximate surface area is 119 Å². The average Bonchev–Trinajstić information content (AvgIpc) is 2.56. The lowest BCUT2D eigenvalue weighted by Gasteiger charge is -2.18. The first-order valence-electron chi connectivity index (χ1n) is 7.23. The van der Waals surface area contributed by atoms with Crippen molar-refractivity contribution in [1.82, 2.24) is 0 Å². The van der Waals surface area contributed by atoms with Gasteiger partial charge in [-0.2, -0.15) is 0 Å². The van der Waals surface area contributed by atoms with Gasteiger partial charge in [0.15, 0.2) is 0 Å². The van der Waals surface area contributed by atoms with Crippen molar-refractivity contribution in [2.75, 3.05) is 7.18 Å². The lowest BCUT2D eigenvalue weighted by Crippen LogP contribution is -2.02. The third-order valence-corrected chi connectivity index (χ3v) is 4.26. The monoisotopic (exact) mass is 266 g/mol. The molecule has 0 saturated carbocycles. The Balaban J connectivity index is 0.000000581. The molecule has 0 aromatic heterocycles. The van der Waals surface area contributed by atoms with Crippen molar-refractivity contribution in [2.24, 2.45) is 0 Å². The van der Waals surface area contributed by atoms with Crippen molar-refractivity contribution in [1.29, 1.82) is 0 Å². The highest BCUT2D eigenvalue weighted by Gasteiger charge is 2.12. The van der Waals surface area contributed by atoms with Crippen LogP contribution in [-0.2, 0) is 12.8 Å². The summed E-state index contributed by atoms with van der Waals surface area (Å²) in [6, 6.07) is 18.0. The molecule has 4 rings (SSSR count). The predicted octanol–water partition coefficient (Wildman–Crippen LogP) is 5.46. The van der Waals surface area contributed by atoms with Gasteiger partial charge < -0.3 is 0 Å². The van der Waals surface area contributed by atoms with Crippen molar-refractivity contribution in [3.8, 4) is 0 Å². The SMILES string of the molecule is CF.c1ccc2c(c1)ccc1c3c(ccc12)CCCC3. The minimum absolute atomic E-state index is 0.500. The van der Waals surface area contributed by atoms with Gasteiger partial charge in [0.25, 0.3) is 0 Å². The highest BCUT2D eigenvalue weighted by molar-refractivity contribution is 6.08. The quantitative estimate of drug-likeness (QED) is 0.474. The van der Waals surface area contributed by atoms with Crippen molar-refractivity contribution in [3.05, 3.63) is 59.7 Å². The maximum absolute atomic E-state index is 9.50. The van der Waals surface area contributed by atoms with Gasteiger partial charge in [0.1, 0.15) is 0 Å². The molecule has 0 amide bonds. The summed E-state index contributed by atoms with van der Waals surface area (Å²) in [6.45, 7) is 0. The van der Waals surface area contributed by atoms with E-state index in [4.69, 9.17) is 0 Å². The second-order valence-electron chi connectivity index (χ2n) is 5.29. The molecule has 20 heavy (non-hydrogen) atoms. The van der Waals surface area contributed by atoms with Crippen LogP contribution < -0.4 is 0 Å². The molecule has 102 valence electrons. The van der Waals surface area contributed by atoms with Crippen LogP contribution in [0.4, 0.5) is 4.39 Å². The van der Waals surface area contributed by atoms with Crippen LogP contribution in [0.3, 0.4) is 0 Å². The molecule has 0 atom stereocenters. The Kier molecular flexibility index (Phi) is 3.68. The molecule has 0 saturated heterocycles. The zero-order valence-corrected chi connectivity index (χ0v) is 11.8. The molecule has 0 radical (unpaired) electrons. The topological polar surface area (TPSA) is 0 Å². The molecule has 0 nitrogen and oxygen atoms in total. The molecule has 1 aliphatic carbocycles. The van der Waals surface area contributed by atoms with Crippen molar-refractivity contribution >= 4 is 21.5 Å². The molecule has 0 fully saturated rings. The van der Waals surface area contributed by atoms with E-state index in [1.807, 2.05) is 0 Å². The summed E-state index contributed by atoms with van der Waals surface area (Å²) < 4.78 is 9.50. The smallest absolute Gasteiger partial charge is 0.0785 e. The zero-order valence-electron chi connectivity index (χ0n) is 11.8. The third-order valence-electron chi connectivity index (χ3n) is 4.26. The van der Waals surface area contributed by atoms with Crippen molar-refractivity contribution in [3.63, 3.8) is 0 Å². The lowest BCUT2D eigenvalue weighted by atomic mass is 9.86. The summed E-state index contributed by atoms with van der Waals surface area (Å²) in [4.78, 5) is 0. The molecule has 3 aromatic rings. The molecule has 0 spiro atoms. The average molecular weight is 266 g/mol. The summed E-state index contributed by atoms with van der Waals surface area (Å²) in [5, 5.41) is 5.64. The predicted molar refractivity (Wildman–Crippen MR) is 85.1 cm³/mol. The van der Waals surface area contributed by atoms with Gasteiger partial charge in [-0.15, -0.1) is 0 Å². The Bertz CT molecular complexity index is 743. The number of alkyl halides is 1. The summed E-state index contributed by atoms with van der Waals surface area (Å²) >= 11 is 0. The van der Waals surface area contributed by atoms with Crippen LogP contribution in [0.15, 0.2) is 48.5 Å². The summed E-state index contributed by atoms with van der Waals surface area (Å²) in [5.41, 5.74) is 3.17. The molecule has 0 unspecified atom stereocenters. The lowest BCUT2D eigenvalue weighted by molar-refractivity contribution is 0.636. The fraction of sp³-hybridized carbons (Fsp3) is 0.263. The van der Waals surface area contributed by atoms with E-state index in [2.05, 4.69) is 48.5 Å². The van der Waals surface area contributed by atoms with Crippen LogP contribution in [-0.4, -0.2) is 7.18 Å². The van der Waals surface area contributed by atoms with E-state index in [-0.39, 0.29) is 0 Å². The Morgan fingerprint density at radius 1 is 0.700 bits per heavy atom. The zero-order chi connectivity index (χ0) is 13.9. The minimum atomic E-state index is 0.500. The van der Waals surface area contributed by atoms with Crippen LogP contribution in [0.1, 0.15) is 24.0 Å². The van der Waals surface area contributed by atoms with E-state index >= 15 is 0 Å². The molecule has 3 aromatic carbocycles. The highest BCUT2D eigenvalue weighted by Crippen LogP contribution is 2.32. The van der Waals surface area contributed by atoms with E-state index in [1.165, 1.54) is 47.2 Å². The van der Waals surface area contributed by atoms with E-state index in [0.29, 0.717) is 7.18 Å². The first-order valence-corrected chi connectivity index (χ1v) is 7.23. The van der Waals surface area contributed by atoms with Crippen LogP contribution in [0.2, 0.25) is 0 Å². The standard InChI is InChI=1S/C18H16.CH3F/c1-3-7-15-13(5-1)9-11-18-16-8-4-2-6-14(16)10-12-17(15)18;1-2/h1,3,5,7,9-12H,2,4,6,8H2;1H3. The molecule has 1 aliphatic rings. The highest BCUT2D eigenvalue weighted by atomic mass is 19.1. The van der Waals surface area contributed by atoms with E-state index in [0.717, 1.165) is 0 Å². The number of fused-ring (bicyclic) bond motifs is 5.